The van der Waals surface area contributed by atoms with Gasteiger partial charge in [-0.2, -0.15) is 16.1 Å². The van der Waals surface area contributed by atoms with Crippen molar-refractivity contribution in [2.75, 3.05) is 18.2 Å². The number of carbonyl (C=O) groups is 2. The number of rotatable bonds is 6. The van der Waals surface area contributed by atoms with Crippen LogP contribution in [0.15, 0.2) is 23.3 Å². The summed E-state index contributed by atoms with van der Waals surface area (Å²) in [5.41, 5.74) is 5.23. The Morgan fingerprint density at radius 1 is 1.50 bits per heavy atom. The van der Waals surface area contributed by atoms with Gasteiger partial charge in [0.1, 0.15) is 0 Å². The van der Waals surface area contributed by atoms with Gasteiger partial charge in [0.15, 0.2) is 0 Å². The summed E-state index contributed by atoms with van der Waals surface area (Å²) < 4.78 is 0. The van der Waals surface area contributed by atoms with Crippen molar-refractivity contribution in [2.45, 2.75) is 33.2 Å². The first-order valence-electron chi connectivity index (χ1n) is 7.85. The lowest BCUT2D eigenvalue weighted by molar-refractivity contribution is -0.145. The molecule has 3 N–H and O–H groups in total. The van der Waals surface area contributed by atoms with E-state index < -0.39 is 5.97 Å². The number of carbonyl (C=O) groups excluding carboxylic acids is 2. The number of nitrogens with one attached hydrogen (secondary N) is 1. The lowest BCUT2D eigenvalue weighted by Gasteiger charge is -2.29. The number of hydrazone groups is 1. The second kappa shape index (κ2) is 7.89. The monoisotopic (exact) mass is 333 g/mol. The van der Waals surface area contributed by atoms with Gasteiger partial charge in [-0.3, -0.25) is 9.59 Å². The molecule has 24 heavy (non-hydrogen) atoms. The molecule has 0 aliphatic carbocycles. The van der Waals surface area contributed by atoms with Crippen molar-refractivity contribution >= 4 is 23.8 Å². The zero-order chi connectivity index (χ0) is 17.7. The van der Waals surface area contributed by atoms with Gasteiger partial charge >= 0.3 is 5.97 Å². The molecule has 1 atom stereocenters. The number of benzene rings is 1. The Morgan fingerprint density at radius 2 is 2.25 bits per heavy atom. The van der Waals surface area contributed by atoms with E-state index in [-0.39, 0.29) is 18.4 Å². The fraction of sp³-hybridized carbons (Fsp3) is 0.438. The largest absolute Gasteiger partial charge is 0.373 e. The Labute approximate surface area is 141 Å². The van der Waals surface area contributed by atoms with Crippen LogP contribution in [0.2, 0.25) is 0 Å². The maximum atomic E-state index is 13.1. The maximum Gasteiger partial charge on any atom is 0.326 e. The SMILES string of the molecule is CCN(C(=O)c1cc(C)ccc1N1N=CCN1)[C@@H](C)CC(=O)ON. The van der Waals surface area contributed by atoms with E-state index in [1.165, 1.54) is 0 Å². The van der Waals surface area contributed by atoms with Gasteiger partial charge in [0.05, 0.1) is 24.2 Å². The molecule has 1 aromatic rings. The third kappa shape index (κ3) is 3.90. The van der Waals surface area contributed by atoms with Gasteiger partial charge in [-0.25, -0.2) is 5.43 Å². The van der Waals surface area contributed by atoms with E-state index in [9.17, 15) is 9.59 Å². The third-order valence-corrected chi connectivity index (χ3v) is 3.87. The lowest BCUT2D eigenvalue weighted by Crippen LogP contribution is -2.41. The first-order chi connectivity index (χ1) is 11.5. The molecule has 0 saturated heterocycles. The zero-order valence-electron chi connectivity index (χ0n) is 14.2. The first kappa shape index (κ1) is 17.9. The second-order valence-electron chi connectivity index (χ2n) is 5.63. The summed E-state index contributed by atoms with van der Waals surface area (Å²) in [5, 5.41) is 5.79. The standard InChI is InChI=1S/C16H23N5O3/c1-4-20(12(3)10-15(22)24-17)16(23)13-9-11(2)5-6-14(13)21-18-7-8-19-21/h5-7,9,12,19H,4,8,10,17H2,1-3H3/t12-/m0/s1. The van der Waals surface area contributed by atoms with Crippen LogP contribution >= 0.6 is 0 Å². The van der Waals surface area contributed by atoms with Crippen molar-refractivity contribution in [3.05, 3.63) is 29.3 Å². The zero-order valence-corrected chi connectivity index (χ0v) is 14.2. The average Bonchev–Trinajstić information content (AvgIpc) is 3.09. The fourth-order valence-corrected chi connectivity index (χ4v) is 2.65. The molecular weight excluding hydrogens is 310 g/mol. The van der Waals surface area contributed by atoms with Gasteiger partial charge in [-0.1, -0.05) is 11.6 Å². The van der Waals surface area contributed by atoms with Crippen LogP contribution in [0.5, 0.6) is 0 Å². The Bertz CT molecular complexity index is 647. The lowest BCUT2D eigenvalue weighted by atomic mass is 10.1. The average molecular weight is 333 g/mol. The molecular formula is C16H23N5O3. The number of anilines is 1. The Hall–Kier alpha value is -2.45. The highest BCUT2D eigenvalue weighted by Crippen LogP contribution is 2.24. The van der Waals surface area contributed by atoms with E-state index in [2.05, 4.69) is 15.4 Å². The van der Waals surface area contributed by atoms with Crippen LogP contribution < -0.4 is 16.4 Å². The number of aryl methyl sites for hydroxylation is 1. The van der Waals surface area contributed by atoms with Gasteiger partial charge in [0, 0.05) is 18.8 Å². The van der Waals surface area contributed by atoms with Gasteiger partial charge in [0.25, 0.3) is 5.91 Å². The number of hydrogen-bond donors (Lipinski definition) is 2. The number of nitrogens with zero attached hydrogens (tertiary/aromatic N) is 3. The third-order valence-electron chi connectivity index (χ3n) is 3.87. The fourth-order valence-electron chi connectivity index (χ4n) is 2.65. The molecule has 0 aromatic heterocycles. The summed E-state index contributed by atoms with van der Waals surface area (Å²) in [4.78, 5) is 30.3. The topological polar surface area (TPSA) is 100 Å². The van der Waals surface area contributed by atoms with E-state index in [1.807, 2.05) is 32.0 Å². The molecule has 2 rings (SSSR count). The normalized spacial score (nSPS) is 14.6. The molecule has 1 heterocycles. The van der Waals surface area contributed by atoms with Crippen LogP contribution in [-0.2, 0) is 9.63 Å². The molecule has 1 aliphatic heterocycles. The molecule has 0 unspecified atom stereocenters. The molecule has 0 bridgehead atoms. The Morgan fingerprint density at radius 3 is 2.83 bits per heavy atom. The molecule has 0 spiro atoms. The predicted molar refractivity (Wildman–Crippen MR) is 91.2 cm³/mol. The van der Waals surface area contributed by atoms with Gasteiger partial charge in [-0.15, -0.1) is 0 Å². The minimum absolute atomic E-state index is 0.0390. The van der Waals surface area contributed by atoms with Gasteiger partial charge < -0.3 is 9.74 Å². The van der Waals surface area contributed by atoms with Crippen LogP contribution in [0.3, 0.4) is 0 Å². The van der Waals surface area contributed by atoms with Crippen molar-refractivity contribution < 1.29 is 14.4 Å². The molecule has 130 valence electrons. The maximum absolute atomic E-state index is 13.1. The molecule has 8 heteroatoms. The van der Waals surface area contributed by atoms with Crippen molar-refractivity contribution in [2.24, 2.45) is 11.0 Å². The van der Waals surface area contributed by atoms with Gasteiger partial charge in [-0.05, 0) is 32.9 Å². The van der Waals surface area contributed by atoms with Crippen molar-refractivity contribution in [1.29, 1.82) is 0 Å². The summed E-state index contributed by atoms with van der Waals surface area (Å²) in [6, 6.07) is 5.27. The van der Waals surface area contributed by atoms with E-state index >= 15 is 0 Å². The second-order valence-corrected chi connectivity index (χ2v) is 5.63. The minimum atomic E-state index is -0.552. The van der Waals surface area contributed by atoms with E-state index in [1.54, 1.807) is 23.2 Å². The van der Waals surface area contributed by atoms with Crippen LogP contribution in [-0.4, -0.2) is 42.1 Å². The highest BCUT2D eigenvalue weighted by molar-refractivity contribution is 6.00. The summed E-state index contributed by atoms with van der Waals surface area (Å²) in [7, 11) is 0. The summed E-state index contributed by atoms with van der Waals surface area (Å²) in [5.74, 6) is 4.17. The number of amides is 1. The van der Waals surface area contributed by atoms with E-state index in [0.717, 1.165) is 5.56 Å². The van der Waals surface area contributed by atoms with Gasteiger partial charge in [0.2, 0.25) is 0 Å². The number of nitrogens with two attached hydrogens (primary N) is 1. The highest BCUT2D eigenvalue weighted by atomic mass is 16.7. The van der Waals surface area contributed by atoms with Crippen molar-refractivity contribution in [1.82, 2.24) is 10.3 Å². The molecule has 0 radical (unpaired) electrons. The summed E-state index contributed by atoms with van der Waals surface area (Å²) >= 11 is 0. The van der Waals surface area contributed by atoms with Crippen molar-refractivity contribution in [3.63, 3.8) is 0 Å². The minimum Gasteiger partial charge on any atom is -0.373 e. The van der Waals surface area contributed by atoms with Crippen LogP contribution in [0.4, 0.5) is 5.69 Å². The Kier molecular flexibility index (Phi) is 5.88. The molecule has 0 saturated carbocycles. The van der Waals surface area contributed by atoms with Crippen LogP contribution in [0.25, 0.3) is 0 Å². The predicted octanol–water partition coefficient (Wildman–Crippen LogP) is 0.963. The van der Waals surface area contributed by atoms with E-state index in [4.69, 9.17) is 5.90 Å². The molecule has 1 aromatic carbocycles. The first-order valence-corrected chi connectivity index (χ1v) is 7.85. The highest BCUT2D eigenvalue weighted by Gasteiger charge is 2.26. The van der Waals surface area contributed by atoms with Crippen LogP contribution in [0.1, 0.15) is 36.2 Å². The van der Waals surface area contributed by atoms with Crippen molar-refractivity contribution in [3.8, 4) is 0 Å². The smallest absolute Gasteiger partial charge is 0.326 e. The molecule has 1 amide bonds. The Balaban J connectivity index is 2.30. The number of hydrogen-bond acceptors (Lipinski definition) is 7. The number of hydrazine groups is 1. The molecule has 8 nitrogen and oxygen atoms in total. The summed E-state index contributed by atoms with van der Waals surface area (Å²) in [6.07, 6.45) is 1.77. The van der Waals surface area contributed by atoms with Crippen LogP contribution in [0, 0.1) is 6.92 Å². The van der Waals surface area contributed by atoms with E-state index in [0.29, 0.717) is 24.3 Å². The molecule has 0 fully saturated rings. The molecule has 1 aliphatic rings. The summed E-state index contributed by atoms with van der Waals surface area (Å²) in [6.45, 7) is 6.65. The quantitative estimate of drug-likeness (QED) is 0.752.